The van der Waals surface area contributed by atoms with Crippen LogP contribution in [0.1, 0.15) is 62.7 Å². The largest absolute Gasteiger partial charge is 0.451 e. The number of nitrogens with zero attached hydrogens (tertiary/aromatic N) is 5. The summed E-state index contributed by atoms with van der Waals surface area (Å²) in [4.78, 5) is 28.4. The lowest BCUT2D eigenvalue weighted by atomic mass is 9.72. The van der Waals surface area contributed by atoms with Crippen molar-refractivity contribution >= 4 is 21.9 Å². The monoisotopic (exact) mass is 703 g/mol. The molecule has 1 aliphatic carbocycles. The minimum absolute atomic E-state index is 0.0286. The average molecular weight is 704 g/mol. The van der Waals surface area contributed by atoms with Gasteiger partial charge in [-0.15, -0.1) is 0 Å². The molecule has 0 bridgehead atoms. The normalized spacial score (nSPS) is 29.1. The van der Waals surface area contributed by atoms with E-state index < -0.39 is 21.8 Å². The molecule has 1 spiro atoms. The van der Waals surface area contributed by atoms with Gasteiger partial charge in [-0.1, -0.05) is 0 Å². The van der Waals surface area contributed by atoms with Crippen LogP contribution >= 0.6 is 0 Å². The highest BCUT2D eigenvalue weighted by Crippen LogP contribution is 2.45. The Kier molecular flexibility index (Phi) is 9.58. The molecule has 14 nitrogen and oxygen atoms in total. The van der Waals surface area contributed by atoms with Crippen LogP contribution in [-0.4, -0.2) is 122 Å². The SMILES string of the molecule is C[C@@H]1COC[C@@H](C)N1C(=O)c1cc(F)ccc1Oc1cncnc1N1CC2(CCN(C[C@@]3(O)CC[C@@H](NS(=O)(=O)NC4CC4)CO3)CC2)C1. The maximum absolute atomic E-state index is 14.4. The summed E-state index contributed by atoms with van der Waals surface area (Å²) >= 11 is 0. The van der Waals surface area contributed by atoms with E-state index in [-0.39, 0.29) is 53.4 Å². The molecule has 1 saturated carbocycles. The molecule has 0 unspecified atom stereocenters. The third kappa shape index (κ3) is 7.85. The fourth-order valence-corrected chi connectivity index (χ4v) is 8.87. The first-order valence-corrected chi connectivity index (χ1v) is 18.7. The highest BCUT2D eigenvalue weighted by Gasteiger charge is 2.47. The average Bonchev–Trinajstić information content (AvgIpc) is 3.86. The predicted octanol–water partition coefficient (Wildman–Crippen LogP) is 2.01. The van der Waals surface area contributed by atoms with Crippen LogP contribution in [0.4, 0.5) is 10.2 Å². The summed E-state index contributed by atoms with van der Waals surface area (Å²) in [6.07, 6.45) is 7.47. The molecule has 49 heavy (non-hydrogen) atoms. The Balaban J connectivity index is 0.932. The molecule has 4 saturated heterocycles. The topological polar surface area (TPSA) is 159 Å². The quantitative estimate of drug-likeness (QED) is 0.333. The zero-order chi connectivity index (χ0) is 34.4. The molecule has 0 radical (unpaired) electrons. The van der Waals surface area contributed by atoms with Gasteiger partial charge in [0.1, 0.15) is 17.9 Å². The van der Waals surface area contributed by atoms with Gasteiger partial charge in [-0.05, 0) is 77.2 Å². The van der Waals surface area contributed by atoms with Gasteiger partial charge in [0.05, 0.1) is 50.2 Å². The van der Waals surface area contributed by atoms with E-state index in [4.69, 9.17) is 14.2 Å². The maximum atomic E-state index is 14.4. The van der Waals surface area contributed by atoms with Crippen LogP contribution in [0.3, 0.4) is 0 Å². The highest BCUT2D eigenvalue weighted by molar-refractivity contribution is 7.87. The number of carbonyl (C=O) groups excluding carboxylic acids is 1. The number of likely N-dealkylation sites (tertiary alicyclic amines) is 1. The number of rotatable bonds is 10. The number of aromatic nitrogens is 2. The standard InChI is InChI=1S/C33H46FN7O7S/c1-22-15-46-16-23(2)41(22)31(42)27-13-24(34)3-6-28(27)48-29-14-35-21-36-30(29)40-18-32(19-40)9-11-39(12-10-32)20-33(43)8-7-26(17-47-33)38-49(44,45)37-25-4-5-25/h3,6,13-14,21-23,25-26,37-38,43H,4-5,7-12,15-20H2,1-2H3/t22-,23-,26-,33-/m1/s1. The van der Waals surface area contributed by atoms with Crippen molar-refractivity contribution in [3.8, 4) is 11.5 Å². The van der Waals surface area contributed by atoms with Crippen LogP contribution in [0.25, 0.3) is 0 Å². The van der Waals surface area contributed by atoms with E-state index in [1.54, 1.807) is 11.1 Å². The smallest absolute Gasteiger partial charge is 0.277 e. The van der Waals surface area contributed by atoms with Crippen LogP contribution in [0.15, 0.2) is 30.7 Å². The van der Waals surface area contributed by atoms with Crippen molar-refractivity contribution in [3.63, 3.8) is 0 Å². The van der Waals surface area contributed by atoms with Gasteiger partial charge in [0.15, 0.2) is 17.4 Å². The molecule has 5 heterocycles. The molecule has 268 valence electrons. The number of hydrogen-bond acceptors (Lipinski definition) is 11. The van der Waals surface area contributed by atoms with Crippen molar-refractivity contribution < 1.29 is 36.9 Å². The van der Waals surface area contributed by atoms with Crippen LogP contribution in [0, 0.1) is 11.2 Å². The first-order valence-electron chi connectivity index (χ1n) is 17.2. The summed E-state index contributed by atoms with van der Waals surface area (Å²) in [5.41, 5.74) is 0.223. The van der Waals surface area contributed by atoms with E-state index in [0.717, 1.165) is 51.9 Å². The number of hydrogen-bond donors (Lipinski definition) is 3. The first-order chi connectivity index (χ1) is 23.4. The number of halogens is 1. The van der Waals surface area contributed by atoms with Crippen molar-refractivity contribution in [2.24, 2.45) is 5.41 Å². The molecule has 16 heteroatoms. The predicted molar refractivity (Wildman–Crippen MR) is 177 cm³/mol. The van der Waals surface area contributed by atoms with Gasteiger partial charge in [0.2, 0.25) is 0 Å². The van der Waals surface area contributed by atoms with Crippen molar-refractivity contribution in [3.05, 3.63) is 42.1 Å². The van der Waals surface area contributed by atoms with E-state index in [9.17, 15) is 22.7 Å². The van der Waals surface area contributed by atoms with Crippen LogP contribution in [-0.2, 0) is 19.7 Å². The van der Waals surface area contributed by atoms with Gasteiger partial charge >= 0.3 is 0 Å². The molecule has 5 fully saturated rings. The lowest BCUT2D eigenvalue weighted by Gasteiger charge is -2.55. The second-order valence-corrected chi connectivity index (χ2v) is 16.0. The number of amides is 1. The second-order valence-electron chi connectivity index (χ2n) is 14.5. The highest BCUT2D eigenvalue weighted by atomic mass is 32.2. The lowest BCUT2D eigenvalue weighted by Crippen LogP contribution is -2.62. The van der Waals surface area contributed by atoms with Gasteiger partial charge in [0.25, 0.3) is 16.1 Å². The summed E-state index contributed by atoms with van der Waals surface area (Å²) < 4.78 is 61.9. The first kappa shape index (κ1) is 34.5. The molecule has 1 amide bonds. The van der Waals surface area contributed by atoms with Gasteiger partial charge in [-0.25, -0.2) is 14.4 Å². The second kappa shape index (κ2) is 13.6. The molecule has 4 aliphatic heterocycles. The zero-order valence-electron chi connectivity index (χ0n) is 28.0. The van der Waals surface area contributed by atoms with Crippen molar-refractivity contribution in [2.45, 2.75) is 82.3 Å². The van der Waals surface area contributed by atoms with E-state index in [0.29, 0.717) is 44.2 Å². The van der Waals surface area contributed by atoms with Gasteiger partial charge in [-0.3, -0.25) is 9.69 Å². The molecular formula is C33H46FN7O7S. The van der Waals surface area contributed by atoms with Crippen molar-refractivity contribution in [2.75, 3.05) is 57.4 Å². The lowest BCUT2D eigenvalue weighted by molar-refractivity contribution is -0.239. The van der Waals surface area contributed by atoms with E-state index >= 15 is 0 Å². The van der Waals surface area contributed by atoms with Crippen LogP contribution in [0.5, 0.6) is 11.5 Å². The molecule has 2 aromatic rings. The zero-order valence-corrected chi connectivity index (χ0v) is 28.8. The summed E-state index contributed by atoms with van der Waals surface area (Å²) in [6, 6.07) is 3.28. The van der Waals surface area contributed by atoms with Crippen molar-refractivity contribution in [1.29, 1.82) is 0 Å². The van der Waals surface area contributed by atoms with E-state index in [1.165, 1.54) is 24.5 Å². The van der Waals surface area contributed by atoms with E-state index in [1.807, 2.05) is 13.8 Å². The fourth-order valence-electron chi connectivity index (χ4n) is 7.51. The number of nitrogens with one attached hydrogen (secondary N) is 2. The number of β-amino-alcohol motifs (C(OH)–C–C–N with tert-alkyl or cyclic N) is 1. The van der Waals surface area contributed by atoms with Crippen LogP contribution in [0.2, 0.25) is 0 Å². The minimum Gasteiger partial charge on any atom is -0.451 e. The van der Waals surface area contributed by atoms with Crippen molar-refractivity contribution in [1.82, 2.24) is 29.2 Å². The third-order valence-corrected chi connectivity index (χ3v) is 11.6. The molecule has 3 N–H and O–H groups in total. The molecule has 5 aliphatic rings. The summed E-state index contributed by atoms with van der Waals surface area (Å²) in [7, 11) is -3.57. The Labute approximate surface area is 286 Å². The number of anilines is 1. The minimum atomic E-state index is -3.57. The Bertz CT molecular complexity index is 1610. The fraction of sp³-hybridized carbons (Fsp3) is 0.667. The molecule has 1 aromatic carbocycles. The molecule has 4 atom stereocenters. The number of benzene rings is 1. The molecular weight excluding hydrogens is 657 g/mol. The number of morpholine rings is 1. The Hall–Kier alpha value is -2.99. The summed E-state index contributed by atoms with van der Waals surface area (Å²) in [5.74, 6) is -0.924. The summed E-state index contributed by atoms with van der Waals surface area (Å²) in [6.45, 7) is 8.26. The molecule has 7 rings (SSSR count). The van der Waals surface area contributed by atoms with Gasteiger partial charge in [-0.2, -0.15) is 17.9 Å². The Morgan fingerprint density at radius 1 is 1.04 bits per heavy atom. The summed E-state index contributed by atoms with van der Waals surface area (Å²) in [5, 5.41) is 11.2. The van der Waals surface area contributed by atoms with E-state index in [2.05, 4.69) is 29.2 Å². The molecule has 1 aromatic heterocycles. The van der Waals surface area contributed by atoms with Gasteiger partial charge in [0, 0.05) is 37.0 Å². The Morgan fingerprint density at radius 2 is 1.76 bits per heavy atom. The van der Waals surface area contributed by atoms with Crippen LogP contribution < -0.4 is 19.1 Å². The number of piperidine rings is 1. The Morgan fingerprint density at radius 3 is 2.43 bits per heavy atom. The third-order valence-electron chi connectivity index (χ3n) is 10.4. The number of ether oxygens (including phenoxy) is 3. The van der Waals surface area contributed by atoms with Gasteiger partial charge < -0.3 is 29.1 Å². The number of aliphatic hydroxyl groups is 1. The maximum Gasteiger partial charge on any atom is 0.277 e. The number of carbonyl (C=O) groups is 1.